The molecule has 4 aromatic rings. The van der Waals surface area contributed by atoms with Crippen LogP contribution in [0.3, 0.4) is 0 Å². The van der Waals surface area contributed by atoms with Gasteiger partial charge in [-0.05, 0) is 36.4 Å². The molecule has 2 aliphatic heterocycles. The Kier molecular flexibility index (Phi) is 13.3. The molecule has 4 heterocycles. The van der Waals surface area contributed by atoms with E-state index >= 15 is 0 Å². The number of fused-ring (bicyclic) bond motifs is 2. The standard InChI is InChI=1S/2C7H5NO3S.2C4H4N2.2Ag/c2*9-7-5-3-1-2-4-6(5)12(10,11)8-7;2*1-2-4-6-5-3-1;;/h2*1-4H,(H,8,9);2*1-4H;;/q;;;;2*+1/p-2. The fourth-order valence-electron chi connectivity index (χ4n) is 2.66. The molecule has 12 nitrogen and oxygen atoms in total. The molecule has 204 valence electrons. The Bertz CT molecular complexity index is 1390. The first kappa shape index (κ1) is 32.9. The van der Waals surface area contributed by atoms with E-state index < -0.39 is 31.9 Å². The summed E-state index contributed by atoms with van der Waals surface area (Å²) in [5.41, 5.74) is 0.329. The predicted molar refractivity (Wildman–Crippen MR) is 127 cm³/mol. The van der Waals surface area contributed by atoms with Gasteiger partial charge in [0.05, 0.1) is 21.6 Å². The first-order valence-corrected chi connectivity index (χ1v) is 12.8. The Labute approximate surface area is 249 Å². The SMILES string of the molecule is O=C1[N-]S(=O)(=O)c2ccccc21.O=C1[N-]S(=O)(=O)c2ccccc21.[Ag+].[Ag+].c1ccnnc1.c1ccnnc1. The topological polar surface area (TPSA) is 182 Å². The van der Waals surface area contributed by atoms with Crippen molar-refractivity contribution in [3.05, 3.63) is 118 Å². The number of sulfonamides is 2. The van der Waals surface area contributed by atoms with E-state index in [1.807, 2.05) is 24.3 Å². The summed E-state index contributed by atoms with van der Waals surface area (Å²) >= 11 is 0. The van der Waals surface area contributed by atoms with Crippen LogP contribution in [-0.4, -0.2) is 49.0 Å². The maximum absolute atomic E-state index is 11.1. The molecule has 2 amide bonds. The number of rotatable bonds is 0. The van der Waals surface area contributed by atoms with Crippen LogP contribution in [0.2, 0.25) is 0 Å². The maximum Gasteiger partial charge on any atom is 1.00 e. The van der Waals surface area contributed by atoms with Crippen molar-refractivity contribution in [2.75, 3.05) is 0 Å². The van der Waals surface area contributed by atoms with E-state index in [0.717, 1.165) is 0 Å². The summed E-state index contributed by atoms with van der Waals surface area (Å²) in [5.74, 6) is -1.35. The molecule has 16 heteroatoms. The van der Waals surface area contributed by atoms with Gasteiger partial charge in [-0.3, -0.25) is 0 Å². The second kappa shape index (κ2) is 15.4. The molecule has 2 aliphatic rings. The molecule has 0 saturated carbocycles. The van der Waals surface area contributed by atoms with Crippen LogP contribution in [0, 0.1) is 0 Å². The monoisotopic (exact) mass is 738 g/mol. The number of amides is 2. The van der Waals surface area contributed by atoms with Gasteiger partial charge in [0.25, 0.3) is 0 Å². The zero-order valence-corrected chi connectivity index (χ0v) is 23.4. The Morgan fingerprint density at radius 2 is 0.763 bits per heavy atom. The summed E-state index contributed by atoms with van der Waals surface area (Å²) in [5, 5.41) is 14.1. The number of benzene rings is 2. The van der Waals surface area contributed by atoms with Gasteiger partial charge in [-0.15, -0.1) is 0 Å². The van der Waals surface area contributed by atoms with Crippen molar-refractivity contribution in [3.8, 4) is 0 Å². The summed E-state index contributed by atoms with van der Waals surface area (Å²) in [6.07, 6.45) is 6.56. The average Bonchev–Trinajstić information content (AvgIpc) is 3.29. The number of carbonyl (C=O) groups is 2. The molecule has 0 bridgehead atoms. The van der Waals surface area contributed by atoms with Gasteiger partial charge in [0, 0.05) is 35.9 Å². The fraction of sp³-hybridized carbons (Fsp3) is 0. The van der Waals surface area contributed by atoms with Crippen molar-refractivity contribution in [1.82, 2.24) is 20.4 Å². The smallest absolute Gasteiger partial charge is 0.537 e. The Balaban J connectivity index is 0.000000261. The molecule has 0 saturated heterocycles. The van der Waals surface area contributed by atoms with Gasteiger partial charge in [0.15, 0.2) is 0 Å². The molecular weight excluding hydrogens is 724 g/mol. The molecular formula is C22H16Ag2N6O6S2. The third-order valence-electron chi connectivity index (χ3n) is 4.16. The second-order valence-corrected chi connectivity index (χ2v) is 9.71. The van der Waals surface area contributed by atoms with Crippen LogP contribution in [0.1, 0.15) is 20.7 Å². The van der Waals surface area contributed by atoms with Crippen molar-refractivity contribution in [1.29, 1.82) is 0 Å². The first-order valence-electron chi connectivity index (χ1n) is 9.88. The van der Waals surface area contributed by atoms with E-state index in [4.69, 9.17) is 0 Å². The quantitative estimate of drug-likeness (QED) is 0.243. The van der Waals surface area contributed by atoms with Gasteiger partial charge < -0.3 is 19.0 Å². The zero-order valence-electron chi connectivity index (χ0n) is 18.8. The van der Waals surface area contributed by atoms with Crippen LogP contribution in [0.4, 0.5) is 0 Å². The number of nitrogens with zero attached hydrogens (tertiary/aromatic N) is 6. The number of hydrogen-bond donors (Lipinski definition) is 0. The normalized spacial score (nSPS) is 14.2. The van der Waals surface area contributed by atoms with Crippen molar-refractivity contribution < 1.29 is 71.2 Å². The molecule has 2 aromatic carbocycles. The zero-order chi connectivity index (χ0) is 26.0. The maximum atomic E-state index is 11.1. The molecule has 0 spiro atoms. The van der Waals surface area contributed by atoms with Gasteiger partial charge >= 0.3 is 44.8 Å². The first-order chi connectivity index (χ1) is 17.2. The van der Waals surface area contributed by atoms with Crippen LogP contribution in [-0.2, 0) is 64.8 Å². The molecule has 0 aliphatic carbocycles. The van der Waals surface area contributed by atoms with Crippen molar-refractivity contribution in [3.63, 3.8) is 0 Å². The third kappa shape index (κ3) is 9.04. The molecule has 38 heavy (non-hydrogen) atoms. The minimum Gasteiger partial charge on any atom is -0.537 e. The predicted octanol–water partition coefficient (Wildman–Crippen LogP) is 2.75. The molecule has 6 rings (SSSR count). The van der Waals surface area contributed by atoms with Crippen molar-refractivity contribution >= 4 is 31.9 Å². The fourth-order valence-corrected chi connectivity index (χ4v) is 4.86. The van der Waals surface area contributed by atoms with Gasteiger partial charge in [-0.25, -0.2) is 16.8 Å². The summed E-state index contributed by atoms with van der Waals surface area (Å²) in [7, 11) is -7.36. The Morgan fingerprint density at radius 1 is 0.474 bits per heavy atom. The van der Waals surface area contributed by atoms with Crippen LogP contribution in [0.5, 0.6) is 0 Å². The van der Waals surface area contributed by atoms with Crippen molar-refractivity contribution in [2.45, 2.75) is 9.79 Å². The number of hydrogen-bond acceptors (Lipinski definition) is 10. The minimum absolute atomic E-state index is 0. The van der Waals surface area contributed by atoms with E-state index in [2.05, 4.69) is 29.8 Å². The number of carbonyl (C=O) groups excluding carboxylic acids is 2. The molecule has 0 unspecified atom stereocenters. The Morgan fingerprint density at radius 3 is 1.00 bits per heavy atom. The molecule has 0 N–H and O–H groups in total. The van der Waals surface area contributed by atoms with Crippen LogP contribution >= 0.6 is 0 Å². The third-order valence-corrected chi connectivity index (χ3v) is 6.80. The summed E-state index contributed by atoms with van der Waals surface area (Å²) in [6.45, 7) is 0. The van der Waals surface area contributed by atoms with E-state index in [-0.39, 0.29) is 65.7 Å². The second-order valence-electron chi connectivity index (χ2n) is 6.56. The summed E-state index contributed by atoms with van der Waals surface area (Å²) in [4.78, 5) is 21.9. The van der Waals surface area contributed by atoms with E-state index in [1.165, 1.54) is 24.3 Å². The van der Waals surface area contributed by atoms with Gasteiger partial charge in [-0.1, -0.05) is 36.4 Å². The number of aromatic nitrogens is 4. The van der Waals surface area contributed by atoms with E-state index in [9.17, 15) is 26.4 Å². The molecule has 2 aromatic heterocycles. The molecule has 0 atom stereocenters. The van der Waals surface area contributed by atoms with Crippen molar-refractivity contribution in [2.24, 2.45) is 0 Å². The average molecular weight is 740 g/mol. The van der Waals surface area contributed by atoms with Gasteiger partial charge in [-0.2, -0.15) is 20.4 Å². The van der Waals surface area contributed by atoms with Crippen LogP contribution < -0.4 is 0 Å². The minimum atomic E-state index is -3.68. The summed E-state index contributed by atoms with van der Waals surface area (Å²) in [6, 6.07) is 19.3. The van der Waals surface area contributed by atoms with Gasteiger partial charge in [0.1, 0.15) is 20.0 Å². The largest absolute Gasteiger partial charge is 1.00 e. The van der Waals surface area contributed by atoms with Crippen LogP contribution in [0.25, 0.3) is 9.44 Å². The van der Waals surface area contributed by atoms with E-state index in [1.54, 1.807) is 49.1 Å². The summed E-state index contributed by atoms with van der Waals surface area (Å²) < 4.78 is 50.3. The Hall–Kier alpha value is -3.08. The van der Waals surface area contributed by atoms with E-state index in [0.29, 0.717) is 0 Å². The molecule has 0 fully saturated rings. The molecule has 0 radical (unpaired) electrons. The van der Waals surface area contributed by atoms with Gasteiger partial charge in [0.2, 0.25) is 0 Å². The van der Waals surface area contributed by atoms with Crippen LogP contribution in [0.15, 0.2) is 107 Å².